The summed E-state index contributed by atoms with van der Waals surface area (Å²) in [6.45, 7) is 9.40. The van der Waals surface area contributed by atoms with E-state index in [9.17, 15) is 14.4 Å². The van der Waals surface area contributed by atoms with Crippen LogP contribution in [0.25, 0.3) is 0 Å². The first kappa shape index (κ1) is 18.3. The van der Waals surface area contributed by atoms with Gasteiger partial charge < -0.3 is 15.8 Å². The molecule has 7 heteroatoms. The summed E-state index contributed by atoms with van der Waals surface area (Å²) in [5, 5.41) is 2.64. The third-order valence-electron chi connectivity index (χ3n) is 3.45. The minimum Gasteiger partial charge on any atom is -0.444 e. The molecular weight excluding hydrogens is 286 g/mol. The van der Waals surface area contributed by atoms with Gasteiger partial charge in [-0.25, -0.2) is 4.79 Å². The molecule has 3 N–H and O–H groups in total. The number of carbonyl (C=O) groups is 3. The van der Waals surface area contributed by atoms with Crippen LogP contribution in [-0.4, -0.2) is 47.0 Å². The van der Waals surface area contributed by atoms with Crippen LogP contribution in [0.3, 0.4) is 0 Å². The van der Waals surface area contributed by atoms with Crippen molar-refractivity contribution in [3.63, 3.8) is 0 Å². The van der Waals surface area contributed by atoms with Crippen LogP contribution in [0, 0.1) is 5.92 Å². The van der Waals surface area contributed by atoms with E-state index < -0.39 is 29.7 Å². The average Bonchev–Trinajstić information content (AvgIpc) is 2.81. The Labute approximate surface area is 131 Å². The maximum Gasteiger partial charge on any atom is 0.410 e. The monoisotopic (exact) mass is 313 g/mol. The Morgan fingerprint density at radius 1 is 1.27 bits per heavy atom. The third kappa shape index (κ3) is 4.89. The molecule has 22 heavy (non-hydrogen) atoms. The number of nitrogens with two attached hydrogens (primary N) is 1. The number of hydrogen-bond acceptors (Lipinski definition) is 4. The fourth-order valence-electron chi connectivity index (χ4n) is 2.39. The van der Waals surface area contributed by atoms with Crippen molar-refractivity contribution in [1.82, 2.24) is 10.2 Å². The standard InChI is InChI=1S/C15H27N3O4/c1-9(2)11(12(16)19)17-13(20)10-7-6-8-18(10)14(21)22-15(3,4)5/h9-11H,6-8H2,1-5H3,(H2,16,19)(H,17,20)/t10-,11-/m0/s1. The number of amides is 3. The largest absolute Gasteiger partial charge is 0.444 e. The highest BCUT2D eigenvalue weighted by molar-refractivity contribution is 5.91. The molecule has 0 saturated carbocycles. The van der Waals surface area contributed by atoms with Gasteiger partial charge in [0.15, 0.2) is 0 Å². The summed E-state index contributed by atoms with van der Waals surface area (Å²) < 4.78 is 5.32. The fourth-order valence-corrected chi connectivity index (χ4v) is 2.39. The maximum atomic E-state index is 12.4. The molecule has 0 aromatic rings. The second-order valence-electron chi connectivity index (χ2n) is 6.96. The lowest BCUT2D eigenvalue weighted by atomic mass is 10.0. The second kappa shape index (κ2) is 6.98. The number of primary amides is 1. The number of nitrogens with one attached hydrogen (secondary N) is 1. The predicted molar refractivity (Wildman–Crippen MR) is 81.9 cm³/mol. The summed E-state index contributed by atoms with van der Waals surface area (Å²) in [4.78, 5) is 37.4. The zero-order chi connectivity index (χ0) is 17.1. The van der Waals surface area contributed by atoms with Crippen molar-refractivity contribution < 1.29 is 19.1 Å². The van der Waals surface area contributed by atoms with E-state index in [0.29, 0.717) is 13.0 Å². The molecule has 0 aromatic heterocycles. The molecule has 1 aliphatic heterocycles. The van der Waals surface area contributed by atoms with E-state index in [1.54, 1.807) is 34.6 Å². The zero-order valence-corrected chi connectivity index (χ0v) is 14.0. The molecule has 1 aliphatic rings. The van der Waals surface area contributed by atoms with Gasteiger partial charge in [-0.2, -0.15) is 0 Å². The molecule has 3 amide bonds. The number of ether oxygens (including phenoxy) is 1. The summed E-state index contributed by atoms with van der Waals surface area (Å²) in [5.74, 6) is -1.05. The van der Waals surface area contributed by atoms with Gasteiger partial charge in [-0.3, -0.25) is 14.5 Å². The first-order valence-electron chi connectivity index (χ1n) is 7.62. The van der Waals surface area contributed by atoms with Crippen molar-refractivity contribution in [2.75, 3.05) is 6.54 Å². The van der Waals surface area contributed by atoms with Crippen LogP contribution in [0.4, 0.5) is 4.79 Å². The molecule has 0 spiro atoms. The van der Waals surface area contributed by atoms with Gasteiger partial charge in [0.2, 0.25) is 11.8 Å². The first-order chi connectivity index (χ1) is 10.0. The molecule has 0 aromatic carbocycles. The number of carbonyl (C=O) groups excluding carboxylic acids is 3. The Morgan fingerprint density at radius 3 is 2.32 bits per heavy atom. The van der Waals surface area contributed by atoms with Gasteiger partial charge in [0.05, 0.1) is 0 Å². The van der Waals surface area contributed by atoms with E-state index in [0.717, 1.165) is 6.42 Å². The number of hydrogen-bond donors (Lipinski definition) is 2. The fraction of sp³-hybridized carbons (Fsp3) is 0.800. The lowest BCUT2D eigenvalue weighted by molar-refractivity contribution is -0.131. The molecule has 1 saturated heterocycles. The Bertz CT molecular complexity index is 443. The van der Waals surface area contributed by atoms with Crippen molar-refractivity contribution in [3.8, 4) is 0 Å². The molecule has 126 valence electrons. The normalized spacial score (nSPS) is 19.9. The van der Waals surface area contributed by atoms with E-state index in [1.807, 2.05) is 0 Å². The van der Waals surface area contributed by atoms with Crippen LogP contribution in [0.2, 0.25) is 0 Å². The van der Waals surface area contributed by atoms with Crippen molar-refractivity contribution in [1.29, 1.82) is 0 Å². The van der Waals surface area contributed by atoms with Crippen molar-refractivity contribution in [3.05, 3.63) is 0 Å². The minimum atomic E-state index is -0.742. The minimum absolute atomic E-state index is 0.113. The van der Waals surface area contributed by atoms with Gasteiger partial charge in [-0.15, -0.1) is 0 Å². The molecule has 0 unspecified atom stereocenters. The van der Waals surface area contributed by atoms with Crippen molar-refractivity contribution in [2.24, 2.45) is 11.7 Å². The van der Waals surface area contributed by atoms with Crippen LogP contribution in [0.5, 0.6) is 0 Å². The molecule has 1 fully saturated rings. The molecule has 1 rings (SSSR count). The molecular formula is C15H27N3O4. The van der Waals surface area contributed by atoms with Crippen LogP contribution in [0.1, 0.15) is 47.5 Å². The van der Waals surface area contributed by atoms with E-state index in [-0.39, 0.29) is 11.8 Å². The SMILES string of the molecule is CC(C)[C@H](NC(=O)[C@@H]1CCCN1C(=O)OC(C)(C)C)C(N)=O. The molecule has 0 radical (unpaired) electrons. The lowest BCUT2D eigenvalue weighted by Crippen LogP contribution is -2.54. The average molecular weight is 313 g/mol. The second-order valence-corrected chi connectivity index (χ2v) is 6.96. The number of rotatable bonds is 4. The summed E-state index contributed by atoms with van der Waals surface area (Å²) in [6.07, 6.45) is 0.764. The Hall–Kier alpha value is -1.79. The van der Waals surface area contributed by atoms with E-state index in [4.69, 9.17) is 10.5 Å². The molecule has 7 nitrogen and oxygen atoms in total. The highest BCUT2D eigenvalue weighted by atomic mass is 16.6. The topological polar surface area (TPSA) is 102 Å². The molecule has 1 heterocycles. The third-order valence-corrected chi connectivity index (χ3v) is 3.45. The van der Waals surface area contributed by atoms with Crippen molar-refractivity contribution >= 4 is 17.9 Å². The van der Waals surface area contributed by atoms with Gasteiger partial charge in [0, 0.05) is 6.54 Å². The summed E-state index contributed by atoms with van der Waals surface area (Å²) in [6, 6.07) is -1.36. The lowest BCUT2D eigenvalue weighted by Gasteiger charge is -2.29. The summed E-state index contributed by atoms with van der Waals surface area (Å²) in [5.41, 5.74) is 4.69. The predicted octanol–water partition coefficient (Wildman–Crippen LogP) is 1.01. The number of nitrogens with zero attached hydrogens (tertiary/aromatic N) is 1. The van der Waals surface area contributed by atoms with Crippen LogP contribution in [0.15, 0.2) is 0 Å². The smallest absolute Gasteiger partial charge is 0.410 e. The van der Waals surface area contributed by atoms with Crippen molar-refractivity contribution in [2.45, 2.75) is 65.1 Å². The highest BCUT2D eigenvalue weighted by Crippen LogP contribution is 2.21. The maximum absolute atomic E-state index is 12.4. The van der Waals surface area contributed by atoms with Crippen LogP contribution < -0.4 is 11.1 Å². The highest BCUT2D eigenvalue weighted by Gasteiger charge is 2.38. The van der Waals surface area contributed by atoms with Gasteiger partial charge in [0.1, 0.15) is 17.7 Å². The zero-order valence-electron chi connectivity index (χ0n) is 14.0. The number of likely N-dealkylation sites (tertiary alicyclic amines) is 1. The van der Waals surface area contributed by atoms with Gasteiger partial charge in [0.25, 0.3) is 0 Å². The van der Waals surface area contributed by atoms with E-state index in [1.165, 1.54) is 4.90 Å². The Balaban J connectivity index is 2.75. The van der Waals surface area contributed by atoms with Gasteiger partial charge in [-0.05, 0) is 39.5 Å². The Morgan fingerprint density at radius 2 is 1.86 bits per heavy atom. The summed E-state index contributed by atoms with van der Waals surface area (Å²) >= 11 is 0. The van der Waals surface area contributed by atoms with E-state index in [2.05, 4.69) is 5.32 Å². The van der Waals surface area contributed by atoms with Gasteiger partial charge in [-0.1, -0.05) is 13.8 Å². The van der Waals surface area contributed by atoms with Gasteiger partial charge >= 0.3 is 6.09 Å². The first-order valence-corrected chi connectivity index (χ1v) is 7.62. The quantitative estimate of drug-likeness (QED) is 0.808. The van der Waals surface area contributed by atoms with E-state index >= 15 is 0 Å². The molecule has 0 bridgehead atoms. The Kier molecular flexibility index (Phi) is 5.79. The summed E-state index contributed by atoms with van der Waals surface area (Å²) in [7, 11) is 0. The molecule has 0 aliphatic carbocycles. The molecule has 2 atom stereocenters. The van der Waals surface area contributed by atoms with Crippen LogP contribution >= 0.6 is 0 Å². The van der Waals surface area contributed by atoms with Crippen LogP contribution in [-0.2, 0) is 14.3 Å².